The maximum Gasteiger partial charge on any atom is 0.436 e. The highest BCUT2D eigenvalue weighted by molar-refractivity contribution is 6.32. The van der Waals surface area contributed by atoms with Crippen molar-refractivity contribution in [1.82, 2.24) is 5.16 Å². The number of alkyl halides is 3. The van der Waals surface area contributed by atoms with Crippen LogP contribution in [0.4, 0.5) is 24.5 Å². The molecule has 1 heterocycles. The van der Waals surface area contributed by atoms with Crippen molar-refractivity contribution in [2.75, 3.05) is 0 Å². The summed E-state index contributed by atoms with van der Waals surface area (Å²) < 4.78 is 41.6. The van der Waals surface area contributed by atoms with Crippen LogP contribution in [0.25, 0.3) is 0 Å². The van der Waals surface area contributed by atoms with E-state index in [1.54, 1.807) is 12.1 Å². The molecule has 2 rings (SSSR count). The summed E-state index contributed by atoms with van der Waals surface area (Å²) >= 11 is 5.75. The van der Waals surface area contributed by atoms with Crippen molar-refractivity contribution in [1.29, 1.82) is 0 Å². The van der Waals surface area contributed by atoms with Crippen molar-refractivity contribution in [3.05, 3.63) is 45.4 Å². The van der Waals surface area contributed by atoms with Gasteiger partial charge in [0.1, 0.15) is 5.69 Å². The first-order valence-corrected chi connectivity index (χ1v) is 5.22. The monoisotopic (exact) mass is 291 g/mol. The highest BCUT2D eigenvalue weighted by Crippen LogP contribution is 2.34. The van der Waals surface area contributed by atoms with E-state index in [0.717, 1.165) is 0 Å². The van der Waals surface area contributed by atoms with Gasteiger partial charge in [-0.1, -0.05) is 23.7 Å². The van der Waals surface area contributed by atoms with E-state index >= 15 is 0 Å². The second-order valence-corrected chi connectivity index (χ2v) is 3.77. The zero-order valence-corrected chi connectivity index (χ0v) is 9.79. The first-order valence-electron chi connectivity index (χ1n) is 4.84. The second-order valence-electron chi connectivity index (χ2n) is 3.36. The Labute approximate surface area is 108 Å². The van der Waals surface area contributed by atoms with Crippen LogP contribution in [0.1, 0.15) is 5.69 Å². The smallest absolute Gasteiger partial charge is 0.336 e. The molecular formula is C10H5ClF3N3O2. The van der Waals surface area contributed by atoms with E-state index in [-0.39, 0.29) is 10.7 Å². The number of nitrogens with zero attached hydrogens (tertiary/aromatic N) is 2. The van der Waals surface area contributed by atoms with Gasteiger partial charge in [-0.05, 0) is 12.1 Å². The average molecular weight is 292 g/mol. The summed E-state index contributed by atoms with van der Waals surface area (Å²) in [5, 5.41) is 8.40. The molecule has 0 fully saturated rings. The van der Waals surface area contributed by atoms with Crippen LogP contribution in [0.5, 0.6) is 0 Å². The zero-order valence-electron chi connectivity index (χ0n) is 9.03. The molecule has 0 amide bonds. The van der Waals surface area contributed by atoms with Crippen LogP contribution in [-0.2, 0) is 6.18 Å². The summed E-state index contributed by atoms with van der Waals surface area (Å²) in [4.78, 5) is 11.1. The largest absolute Gasteiger partial charge is 0.436 e. The minimum Gasteiger partial charge on any atom is -0.336 e. The predicted molar refractivity (Wildman–Crippen MR) is 60.0 cm³/mol. The number of hydrogen-bond donors (Lipinski definition) is 1. The summed E-state index contributed by atoms with van der Waals surface area (Å²) in [6.45, 7) is 0. The highest BCUT2D eigenvalue weighted by atomic mass is 35.5. The van der Waals surface area contributed by atoms with E-state index in [9.17, 15) is 18.0 Å². The summed E-state index contributed by atoms with van der Waals surface area (Å²) in [6, 6.07) is 6.12. The van der Waals surface area contributed by atoms with Crippen LogP contribution >= 0.6 is 11.6 Å². The lowest BCUT2D eigenvalue weighted by Gasteiger charge is -2.01. The Kier molecular flexibility index (Phi) is 3.43. The summed E-state index contributed by atoms with van der Waals surface area (Å²) in [7, 11) is 0. The van der Waals surface area contributed by atoms with Gasteiger partial charge in [0.2, 0.25) is 5.69 Å². The number of halogens is 4. The molecule has 0 bridgehead atoms. The van der Waals surface area contributed by atoms with Gasteiger partial charge < -0.3 is 4.52 Å². The van der Waals surface area contributed by atoms with Gasteiger partial charge in [0.15, 0.2) is 5.69 Å². The minimum atomic E-state index is -4.79. The van der Waals surface area contributed by atoms with E-state index in [0.29, 0.717) is 0 Å². The lowest BCUT2D eigenvalue weighted by Crippen LogP contribution is -2.06. The van der Waals surface area contributed by atoms with E-state index < -0.39 is 23.2 Å². The third kappa shape index (κ3) is 2.84. The van der Waals surface area contributed by atoms with Gasteiger partial charge in [-0.15, -0.1) is 10.2 Å². The third-order valence-corrected chi connectivity index (χ3v) is 2.39. The molecule has 0 aliphatic carbocycles. The number of hydrogen-bond acceptors (Lipinski definition) is 4. The van der Waals surface area contributed by atoms with Gasteiger partial charge >= 0.3 is 11.8 Å². The quantitative estimate of drug-likeness (QED) is 0.848. The van der Waals surface area contributed by atoms with Crippen LogP contribution in [0.2, 0.25) is 5.02 Å². The third-order valence-electron chi connectivity index (χ3n) is 2.07. The molecule has 1 aromatic heterocycles. The molecule has 2 aromatic rings. The van der Waals surface area contributed by atoms with Gasteiger partial charge in [0.05, 0.1) is 5.02 Å². The SMILES string of the molecule is O=c1o[nH]c(C(F)(F)F)c1N=Nc1ccccc1Cl. The number of benzene rings is 1. The van der Waals surface area contributed by atoms with E-state index in [1.165, 1.54) is 17.3 Å². The molecule has 0 saturated heterocycles. The molecule has 0 unspecified atom stereocenters. The van der Waals surface area contributed by atoms with Crippen LogP contribution in [-0.4, -0.2) is 5.16 Å². The van der Waals surface area contributed by atoms with Crippen molar-refractivity contribution >= 4 is 23.0 Å². The molecule has 0 saturated carbocycles. The van der Waals surface area contributed by atoms with Gasteiger partial charge in [-0.2, -0.15) is 13.2 Å². The summed E-state index contributed by atoms with van der Waals surface area (Å²) in [6.07, 6.45) is -4.79. The standard InChI is InChI=1S/C10H5ClF3N3O2/c11-5-3-1-2-4-6(5)15-16-7-8(10(12,13)14)17-19-9(7)18/h1-4,17H. The molecule has 5 nitrogen and oxygen atoms in total. The maximum absolute atomic E-state index is 12.5. The molecule has 1 N–H and O–H groups in total. The van der Waals surface area contributed by atoms with Crippen LogP contribution < -0.4 is 5.63 Å². The Morgan fingerprint density at radius 2 is 1.89 bits per heavy atom. The number of rotatable bonds is 2. The first kappa shape index (κ1) is 13.3. The molecule has 0 atom stereocenters. The van der Waals surface area contributed by atoms with Crippen LogP contribution in [0.15, 0.2) is 43.8 Å². The molecule has 0 aliphatic heterocycles. The summed E-state index contributed by atoms with van der Waals surface area (Å²) in [5.74, 6) is 0. The Balaban J connectivity index is 2.42. The van der Waals surface area contributed by atoms with Crippen LogP contribution in [0.3, 0.4) is 0 Å². The second kappa shape index (κ2) is 4.88. The van der Waals surface area contributed by atoms with Gasteiger partial charge in [0.25, 0.3) is 0 Å². The Morgan fingerprint density at radius 3 is 2.53 bits per heavy atom. The topological polar surface area (TPSA) is 70.7 Å². The van der Waals surface area contributed by atoms with Crippen molar-refractivity contribution < 1.29 is 17.7 Å². The van der Waals surface area contributed by atoms with Gasteiger partial charge in [0, 0.05) is 0 Å². The molecule has 19 heavy (non-hydrogen) atoms. The van der Waals surface area contributed by atoms with Crippen molar-refractivity contribution in [3.63, 3.8) is 0 Å². The molecule has 1 aromatic carbocycles. The van der Waals surface area contributed by atoms with Crippen molar-refractivity contribution in [2.45, 2.75) is 6.18 Å². The van der Waals surface area contributed by atoms with Gasteiger partial charge in [-0.25, -0.2) is 9.95 Å². The molecule has 0 radical (unpaired) electrons. The molecular weight excluding hydrogens is 287 g/mol. The summed E-state index contributed by atoms with van der Waals surface area (Å²) in [5.41, 5.74) is -3.47. The predicted octanol–water partition coefficient (Wildman–Crippen LogP) is 4.06. The fraction of sp³-hybridized carbons (Fsp3) is 0.100. The minimum absolute atomic E-state index is 0.137. The normalized spacial score (nSPS) is 12.2. The molecule has 9 heteroatoms. The number of azo groups is 1. The molecule has 100 valence electrons. The molecule has 0 aliphatic rings. The van der Waals surface area contributed by atoms with E-state index in [4.69, 9.17) is 11.6 Å². The fourth-order valence-corrected chi connectivity index (χ4v) is 1.39. The van der Waals surface area contributed by atoms with Crippen LogP contribution in [0, 0.1) is 0 Å². The number of H-pyrrole nitrogens is 1. The lowest BCUT2D eigenvalue weighted by atomic mass is 10.3. The lowest BCUT2D eigenvalue weighted by molar-refractivity contribution is -0.142. The molecule has 0 spiro atoms. The maximum atomic E-state index is 12.5. The first-order chi connectivity index (χ1) is 8.89. The van der Waals surface area contributed by atoms with E-state index in [1.807, 2.05) is 0 Å². The van der Waals surface area contributed by atoms with Crippen molar-refractivity contribution in [3.8, 4) is 0 Å². The number of aromatic nitrogens is 1. The Morgan fingerprint density at radius 1 is 1.21 bits per heavy atom. The van der Waals surface area contributed by atoms with Gasteiger partial charge in [-0.3, -0.25) is 0 Å². The average Bonchev–Trinajstić information content (AvgIpc) is 2.69. The Hall–Kier alpha value is -2.09. The Bertz CT molecular complexity index is 675. The van der Waals surface area contributed by atoms with E-state index in [2.05, 4.69) is 14.8 Å². The fourth-order valence-electron chi connectivity index (χ4n) is 1.22. The van der Waals surface area contributed by atoms with Crippen molar-refractivity contribution in [2.24, 2.45) is 10.2 Å². The number of aromatic amines is 1. The zero-order chi connectivity index (χ0) is 14.0. The number of nitrogens with one attached hydrogen (secondary N) is 1. The highest BCUT2D eigenvalue weighted by Gasteiger charge is 2.38.